The van der Waals surface area contributed by atoms with Crippen molar-refractivity contribution in [3.63, 3.8) is 0 Å². The Morgan fingerprint density at radius 1 is 0.644 bits per heavy atom. The summed E-state index contributed by atoms with van der Waals surface area (Å²) in [6.07, 6.45) is 34.1. The minimum atomic E-state index is -1.01. The van der Waals surface area contributed by atoms with Crippen LogP contribution in [0.15, 0.2) is 12.2 Å². The van der Waals surface area contributed by atoms with Crippen molar-refractivity contribution in [2.45, 2.75) is 206 Å². The number of esters is 1. The van der Waals surface area contributed by atoms with Gasteiger partial charge in [-0.15, -0.1) is 0 Å². The van der Waals surface area contributed by atoms with Gasteiger partial charge in [0, 0.05) is 12.8 Å². The van der Waals surface area contributed by atoms with Crippen LogP contribution in [0, 0.1) is 0 Å². The molecule has 45 heavy (non-hydrogen) atoms. The normalized spacial score (nSPS) is 12.8. The van der Waals surface area contributed by atoms with E-state index in [4.69, 9.17) is 10.5 Å². The summed E-state index contributed by atoms with van der Waals surface area (Å²) in [7, 11) is 0. The van der Waals surface area contributed by atoms with Gasteiger partial charge in [0.15, 0.2) is 0 Å². The Labute approximate surface area is 277 Å². The van der Waals surface area contributed by atoms with Gasteiger partial charge in [0.2, 0.25) is 5.91 Å². The number of unbranched alkanes of at least 4 members (excludes halogenated alkanes) is 20. The van der Waals surface area contributed by atoms with Crippen LogP contribution < -0.4 is 11.1 Å². The molecule has 4 N–H and O–H groups in total. The number of hydrogen-bond acceptors (Lipinski definition) is 5. The van der Waals surface area contributed by atoms with Crippen molar-refractivity contribution in [1.82, 2.24) is 5.32 Å². The SMILES string of the molecule is CCCCCCC/C=C\C(CCCCCCC(=O)NC(CCCN)C(=O)O)OC(=O)CCCCCCCCCCCCCCC. The minimum Gasteiger partial charge on any atom is -0.480 e. The molecule has 2 atom stereocenters. The number of carboxylic acid groups (broad SMARTS) is 1. The largest absolute Gasteiger partial charge is 0.480 e. The van der Waals surface area contributed by atoms with Gasteiger partial charge in [-0.1, -0.05) is 135 Å². The second-order valence-electron chi connectivity index (χ2n) is 13.0. The van der Waals surface area contributed by atoms with E-state index in [1.54, 1.807) is 0 Å². The molecule has 0 saturated carbocycles. The summed E-state index contributed by atoms with van der Waals surface area (Å²) in [6.45, 7) is 4.90. The number of aliphatic carboxylic acids is 1. The topological polar surface area (TPSA) is 119 Å². The van der Waals surface area contributed by atoms with Crippen LogP contribution in [0.1, 0.15) is 194 Å². The summed E-state index contributed by atoms with van der Waals surface area (Å²) in [4.78, 5) is 36.1. The number of nitrogens with one attached hydrogen (secondary N) is 1. The number of nitrogens with two attached hydrogens (primary N) is 1. The average molecular weight is 637 g/mol. The predicted molar refractivity (Wildman–Crippen MR) is 188 cm³/mol. The van der Waals surface area contributed by atoms with Crippen molar-refractivity contribution in [2.75, 3.05) is 6.54 Å². The van der Waals surface area contributed by atoms with E-state index in [9.17, 15) is 19.5 Å². The van der Waals surface area contributed by atoms with Gasteiger partial charge < -0.3 is 20.9 Å². The van der Waals surface area contributed by atoms with Gasteiger partial charge in [-0.3, -0.25) is 9.59 Å². The summed E-state index contributed by atoms with van der Waals surface area (Å²) in [6, 6.07) is -0.866. The number of carboxylic acids is 1. The van der Waals surface area contributed by atoms with Crippen LogP contribution in [0.4, 0.5) is 0 Å². The molecule has 0 aromatic heterocycles. The Balaban J connectivity index is 4.26. The number of amides is 1. The number of carbonyl (C=O) groups is 3. The van der Waals surface area contributed by atoms with E-state index in [1.807, 2.05) is 0 Å². The fourth-order valence-electron chi connectivity index (χ4n) is 5.65. The van der Waals surface area contributed by atoms with E-state index in [0.29, 0.717) is 38.6 Å². The maximum atomic E-state index is 12.6. The maximum absolute atomic E-state index is 12.6. The average Bonchev–Trinajstić information content (AvgIpc) is 3.02. The summed E-state index contributed by atoms with van der Waals surface area (Å²) >= 11 is 0. The Morgan fingerprint density at radius 3 is 1.67 bits per heavy atom. The summed E-state index contributed by atoms with van der Waals surface area (Å²) in [5.41, 5.74) is 5.47. The van der Waals surface area contributed by atoms with Gasteiger partial charge in [0.25, 0.3) is 0 Å². The van der Waals surface area contributed by atoms with Crippen molar-refractivity contribution in [2.24, 2.45) is 5.73 Å². The highest BCUT2D eigenvalue weighted by atomic mass is 16.5. The molecule has 0 bridgehead atoms. The van der Waals surface area contributed by atoms with Gasteiger partial charge in [-0.2, -0.15) is 0 Å². The molecule has 0 rings (SSSR count). The lowest BCUT2D eigenvalue weighted by atomic mass is 10.0. The number of rotatable bonds is 34. The van der Waals surface area contributed by atoms with E-state index < -0.39 is 12.0 Å². The molecule has 0 aliphatic rings. The Bertz CT molecular complexity index is 727. The highest BCUT2D eigenvalue weighted by Gasteiger charge is 2.19. The summed E-state index contributed by atoms with van der Waals surface area (Å²) in [5, 5.41) is 11.9. The molecule has 1 amide bonds. The van der Waals surface area contributed by atoms with E-state index in [-0.39, 0.29) is 18.0 Å². The zero-order chi connectivity index (χ0) is 33.2. The van der Waals surface area contributed by atoms with Gasteiger partial charge in [0.05, 0.1) is 0 Å². The molecule has 7 heteroatoms. The molecule has 0 aliphatic carbocycles. The third kappa shape index (κ3) is 30.5. The Kier molecular flexibility index (Phi) is 32.1. The molecule has 0 aliphatic heterocycles. The van der Waals surface area contributed by atoms with Gasteiger partial charge in [-0.25, -0.2) is 4.79 Å². The van der Waals surface area contributed by atoms with Crippen molar-refractivity contribution in [1.29, 1.82) is 0 Å². The lowest BCUT2D eigenvalue weighted by molar-refractivity contribution is -0.147. The third-order valence-corrected chi connectivity index (χ3v) is 8.57. The molecule has 264 valence electrons. The van der Waals surface area contributed by atoms with E-state index in [2.05, 4.69) is 31.3 Å². The molecule has 0 spiro atoms. The van der Waals surface area contributed by atoms with Gasteiger partial charge in [-0.05, 0) is 64.0 Å². The van der Waals surface area contributed by atoms with Crippen molar-refractivity contribution in [3.05, 3.63) is 12.2 Å². The summed E-state index contributed by atoms with van der Waals surface area (Å²) in [5.74, 6) is -1.32. The number of carbonyl (C=O) groups excluding carboxylic acids is 2. The van der Waals surface area contributed by atoms with E-state index in [0.717, 1.165) is 44.9 Å². The van der Waals surface area contributed by atoms with Crippen molar-refractivity contribution in [3.8, 4) is 0 Å². The van der Waals surface area contributed by atoms with Crippen LogP contribution in [0.5, 0.6) is 0 Å². The van der Waals surface area contributed by atoms with Gasteiger partial charge in [0.1, 0.15) is 12.1 Å². The smallest absolute Gasteiger partial charge is 0.326 e. The fourth-order valence-corrected chi connectivity index (χ4v) is 5.65. The molecule has 0 aromatic rings. The van der Waals surface area contributed by atoms with E-state index in [1.165, 1.54) is 103 Å². The van der Waals surface area contributed by atoms with Crippen LogP contribution in [-0.2, 0) is 19.1 Å². The molecule has 7 nitrogen and oxygen atoms in total. The first kappa shape index (κ1) is 43.1. The Morgan fingerprint density at radius 2 is 1.13 bits per heavy atom. The lowest BCUT2D eigenvalue weighted by Gasteiger charge is -2.15. The molecular weight excluding hydrogens is 564 g/mol. The molecular formula is C38H72N2O5. The second kappa shape index (κ2) is 33.5. The van der Waals surface area contributed by atoms with Crippen molar-refractivity contribution < 1.29 is 24.2 Å². The highest BCUT2D eigenvalue weighted by molar-refractivity contribution is 5.83. The molecule has 2 unspecified atom stereocenters. The van der Waals surface area contributed by atoms with Crippen LogP contribution in [0.3, 0.4) is 0 Å². The number of ether oxygens (including phenoxy) is 1. The Hall–Kier alpha value is -1.89. The quantitative estimate of drug-likeness (QED) is 0.0367. The first-order valence-electron chi connectivity index (χ1n) is 19.0. The van der Waals surface area contributed by atoms with Crippen LogP contribution in [-0.4, -0.2) is 41.6 Å². The standard InChI is InChI=1S/C38H72N2O5/c1-3-5-7-9-11-12-13-14-15-16-18-20-26-32-37(42)45-34(28-23-19-17-10-8-6-4-2)29-24-21-22-25-31-36(41)40-35(38(43)44)30-27-33-39/h23,28,34-35H,3-22,24-27,29-33,39H2,1-2H3,(H,40,41)(H,43,44)/b28-23-. The third-order valence-electron chi connectivity index (χ3n) is 8.57. The molecule has 0 fully saturated rings. The molecule has 0 heterocycles. The first-order chi connectivity index (χ1) is 21.9. The minimum absolute atomic E-state index is 0.0880. The van der Waals surface area contributed by atoms with Crippen LogP contribution in [0.25, 0.3) is 0 Å². The predicted octanol–water partition coefficient (Wildman–Crippen LogP) is 9.95. The van der Waals surface area contributed by atoms with Crippen LogP contribution >= 0.6 is 0 Å². The maximum Gasteiger partial charge on any atom is 0.326 e. The highest BCUT2D eigenvalue weighted by Crippen LogP contribution is 2.16. The second-order valence-corrected chi connectivity index (χ2v) is 13.0. The first-order valence-corrected chi connectivity index (χ1v) is 19.0. The molecule has 0 radical (unpaired) electrons. The van der Waals surface area contributed by atoms with E-state index >= 15 is 0 Å². The summed E-state index contributed by atoms with van der Waals surface area (Å²) < 4.78 is 5.89. The molecule has 0 saturated heterocycles. The van der Waals surface area contributed by atoms with Crippen molar-refractivity contribution >= 4 is 17.8 Å². The fraction of sp³-hybridized carbons (Fsp3) is 0.868. The zero-order valence-corrected chi connectivity index (χ0v) is 29.5. The van der Waals surface area contributed by atoms with Gasteiger partial charge >= 0.3 is 11.9 Å². The monoisotopic (exact) mass is 637 g/mol. The van der Waals surface area contributed by atoms with Crippen LogP contribution in [0.2, 0.25) is 0 Å². The number of allylic oxidation sites excluding steroid dienone is 1. The lowest BCUT2D eigenvalue weighted by Crippen LogP contribution is -2.40. The number of hydrogen-bond donors (Lipinski definition) is 3. The molecule has 0 aromatic carbocycles. The zero-order valence-electron chi connectivity index (χ0n) is 29.5.